The number of aromatic nitrogens is 3. The van der Waals surface area contributed by atoms with Crippen molar-refractivity contribution in [2.24, 2.45) is 0 Å². The molecule has 0 spiro atoms. The highest BCUT2D eigenvalue weighted by molar-refractivity contribution is 5.90. The van der Waals surface area contributed by atoms with Gasteiger partial charge in [-0.1, -0.05) is 0 Å². The average Bonchev–Trinajstić information content (AvgIpc) is 2.60. The normalized spacial score (nSPS) is 10.5. The van der Waals surface area contributed by atoms with Gasteiger partial charge >= 0.3 is 5.97 Å². The largest absolute Gasteiger partial charge is 0.462 e. The van der Waals surface area contributed by atoms with Crippen molar-refractivity contribution < 1.29 is 9.53 Å². The van der Waals surface area contributed by atoms with Gasteiger partial charge in [-0.3, -0.25) is 4.40 Å². The number of ether oxygens (including phenoxy) is 1. The van der Waals surface area contributed by atoms with Crippen LogP contribution >= 0.6 is 0 Å². The zero-order valence-electron chi connectivity index (χ0n) is 8.60. The van der Waals surface area contributed by atoms with Crippen LogP contribution in [-0.2, 0) is 4.74 Å². The molecule has 5 nitrogen and oxygen atoms in total. The van der Waals surface area contributed by atoms with E-state index in [9.17, 15) is 4.79 Å². The Labute approximate surface area is 86.7 Å². The first-order chi connectivity index (χ1) is 7.22. The summed E-state index contributed by atoms with van der Waals surface area (Å²) in [5.41, 5.74) is 1.15. The molecule has 0 N–H and O–H groups in total. The van der Waals surface area contributed by atoms with Crippen LogP contribution in [0.25, 0.3) is 5.65 Å². The number of rotatable bonds is 2. The minimum Gasteiger partial charge on any atom is -0.462 e. The number of pyridine rings is 1. The van der Waals surface area contributed by atoms with Crippen molar-refractivity contribution >= 4 is 11.6 Å². The summed E-state index contributed by atoms with van der Waals surface area (Å²) in [5, 5.41) is 7.83. The molecule has 2 aromatic heterocycles. The Hall–Kier alpha value is -1.91. The monoisotopic (exact) mass is 205 g/mol. The summed E-state index contributed by atoms with van der Waals surface area (Å²) in [6.07, 6.45) is 1.76. The van der Waals surface area contributed by atoms with Gasteiger partial charge in [0.1, 0.15) is 5.82 Å². The van der Waals surface area contributed by atoms with Crippen molar-refractivity contribution in [2.75, 3.05) is 6.61 Å². The molecule has 0 fully saturated rings. The molecule has 15 heavy (non-hydrogen) atoms. The molecule has 0 aliphatic carbocycles. The van der Waals surface area contributed by atoms with E-state index in [1.54, 1.807) is 25.3 Å². The van der Waals surface area contributed by atoms with Crippen LogP contribution in [0.2, 0.25) is 0 Å². The minimum absolute atomic E-state index is 0.333. The standard InChI is InChI=1S/C10H11N3O2/c1-3-15-10(14)8-4-5-13-7(2)11-12-9(13)6-8/h4-6H,3H2,1-2H3. The lowest BCUT2D eigenvalue weighted by Gasteiger charge is -2.01. The van der Waals surface area contributed by atoms with Crippen molar-refractivity contribution in [3.8, 4) is 0 Å². The first kappa shape index (κ1) is 9.64. The van der Waals surface area contributed by atoms with Crippen LogP contribution in [0.5, 0.6) is 0 Å². The number of nitrogens with zero attached hydrogens (tertiary/aromatic N) is 3. The van der Waals surface area contributed by atoms with Crippen molar-refractivity contribution in [1.29, 1.82) is 0 Å². The van der Waals surface area contributed by atoms with E-state index in [1.807, 2.05) is 11.3 Å². The van der Waals surface area contributed by atoms with E-state index in [2.05, 4.69) is 10.2 Å². The first-order valence-electron chi connectivity index (χ1n) is 4.71. The second-order valence-corrected chi connectivity index (χ2v) is 3.11. The second-order valence-electron chi connectivity index (χ2n) is 3.11. The summed E-state index contributed by atoms with van der Waals surface area (Å²) < 4.78 is 6.70. The molecule has 0 aliphatic rings. The zero-order chi connectivity index (χ0) is 10.8. The maximum absolute atomic E-state index is 11.4. The molecule has 0 bridgehead atoms. The molecule has 2 heterocycles. The van der Waals surface area contributed by atoms with Gasteiger partial charge in [0.05, 0.1) is 12.2 Å². The third kappa shape index (κ3) is 1.68. The van der Waals surface area contributed by atoms with Crippen LogP contribution in [0, 0.1) is 6.92 Å². The van der Waals surface area contributed by atoms with E-state index in [4.69, 9.17) is 4.74 Å². The van der Waals surface area contributed by atoms with Gasteiger partial charge in [-0.2, -0.15) is 0 Å². The lowest BCUT2D eigenvalue weighted by Crippen LogP contribution is -2.05. The molecule has 0 aromatic carbocycles. The van der Waals surface area contributed by atoms with Gasteiger partial charge in [0.25, 0.3) is 0 Å². The zero-order valence-corrected chi connectivity index (χ0v) is 8.60. The minimum atomic E-state index is -0.333. The molecular weight excluding hydrogens is 194 g/mol. The maximum atomic E-state index is 11.4. The highest BCUT2D eigenvalue weighted by Crippen LogP contribution is 2.07. The number of hydrogen-bond donors (Lipinski definition) is 0. The van der Waals surface area contributed by atoms with Crippen LogP contribution < -0.4 is 0 Å². The molecule has 0 atom stereocenters. The number of aryl methyl sites for hydroxylation is 1. The third-order valence-electron chi connectivity index (χ3n) is 2.09. The van der Waals surface area contributed by atoms with Crippen LogP contribution in [-0.4, -0.2) is 27.2 Å². The van der Waals surface area contributed by atoms with Gasteiger partial charge in [-0.05, 0) is 26.0 Å². The predicted octanol–water partition coefficient (Wildman–Crippen LogP) is 1.21. The van der Waals surface area contributed by atoms with Crippen LogP contribution in [0.1, 0.15) is 23.1 Å². The molecule has 2 aromatic rings. The van der Waals surface area contributed by atoms with Crippen LogP contribution in [0.3, 0.4) is 0 Å². The highest BCUT2D eigenvalue weighted by Gasteiger charge is 2.08. The molecule has 0 unspecified atom stereocenters. The smallest absolute Gasteiger partial charge is 0.338 e. The Kier molecular flexibility index (Phi) is 2.37. The quantitative estimate of drug-likeness (QED) is 0.691. The molecule has 0 saturated heterocycles. The van der Waals surface area contributed by atoms with Crippen LogP contribution in [0.15, 0.2) is 18.3 Å². The third-order valence-corrected chi connectivity index (χ3v) is 2.09. The second kappa shape index (κ2) is 3.68. The summed E-state index contributed by atoms with van der Waals surface area (Å²) >= 11 is 0. The summed E-state index contributed by atoms with van der Waals surface area (Å²) in [7, 11) is 0. The SMILES string of the molecule is CCOC(=O)c1ccn2c(C)nnc2c1. The van der Waals surface area contributed by atoms with E-state index in [0.717, 1.165) is 5.82 Å². The molecule has 5 heteroatoms. The molecule has 2 rings (SSSR count). The topological polar surface area (TPSA) is 56.5 Å². The molecule has 78 valence electrons. The Morgan fingerprint density at radius 3 is 3.07 bits per heavy atom. The Bertz CT molecular complexity index is 504. The van der Waals surface area contributed by atoms with E-state index >= 15 is 0 Å². The summed E-state index contributed by atoms with van der Waals surface area (Å²) in [6, 6.07) is 3.36. The van der Waals surface area contributed by atoms with Crippen molar-refractivity contribution in [3.05, 3.63) is 29.7 Å². The number of hydrogen-bond acceptors (Lipinski definition) is 4. The number of carbonyl (C=O) groups is 1. The number of fused-ring (bicyclic) bond motifs is 1. The highest BCUT2D eigenvalue weighted by atomic mass is 16.5. The summed E-state index contributed by atoms with van der Waals surface area (Å²) in [5.74, 6) is 0.459. The Morgan fingerprint density at radius 2 is 2.33 bits per heavy atom. The predicted molar refractivity (Wildman–Crippen MR) is 53.7 cm³/mol. The summed E-state index contributed by atoms with van der Waals surface area (Å²) in [6.45, 7) is 4.00. The van der Waals surface area contributed by atoms with Gasteiger partial charge in [0.2, 0.25) is 0 Å². The van der Waals surface area contributed by atoms with E-state index < -0.39 is 0 Å². The van der Waals surface area contributed by atoms with Crippen molar-refractivity contribution in [2.45, 2.75) is 13.8 Å². The maximum Gasteiger partial charge on any atom is 0.338 e. The molecular formula is C10H11N3O2. The van der Waals surface area contributed by atoms with Gasteiger partial charge in [0, 0.05) is 6.20 Å². The lowest BCUT2D eigenvalue weighted by molar-refractivity contribution is 0.0526. The lowest BCUT2D eigenvalue weighted by atomic mass is 10.2. The molecule has 0 amide bonds. The molecule has 0 aliphatic heterocycles. The molecule has 0 radical (unpaired) electrons. The van der Waals surface area contributed by atoms with Crippen LogP contribution in [0.4, 0.5) is 0 Å². The van der Waals surface area contributed by atoms with E-state index in [1.165, 1.54) is 0 Å². The fourth-order valence-electron chi connectivity index (χ4n) is 1.35. The van der Waals surface area contributed by atoms with Gasteiger partial charge in [0.15, 0.2) is 5.65 Å². The van der Waals surface area contributed by atoms with Gasteiger partial charge in [-0.25, -0.2) is 4.79 Å². The van der Waals surface area contributed by atoms with Gasteiger partial charge < -0.3 is 4.74 Å². The van der Waals surface area contributed by atoms with Gasteiger partial charge in [-0.15, -0.1) is 10.2 Å². The molecule has 0 saturated carbocycles. The Morgan fingerprint density at radius 1 is 1.53 bits per heavy atom. The van der Waals surface area contributed by atoms with Crippen molar-refractivity contribution in [1.82, 2.24) is 14.6 Å². The van der Waals surface area contributed by atoms with E-state index in [0.29, 0.717) is 17.8 Å². The fourth-order valence-corrected chi connectivity index (χ4v) is 1.35. The van der Waals surface area contributed by atoms with Crippen molar-refractivity contribution in [3.63, 3.8) is 0 Å². The number of carbonyl (C=O) groups excluding carboxylic acids is 1. The fraction of sp³-hybridized carbons (Fsp3) is 0.300. The van der Waals surface area contributed by atoms with E-state index in [-0.39, 0.29) is 5.97 Å². The first-order valence-corrected chi connectivity index (χ1v) is 4.71. The number of esters is 1. The summed E-state index contributed by atoms with van der Waals surface area (Å²) in [4.78, 5) is 11.4. The average molecular weight is 205 g/mol. The Balaban J connectivity index is 2.43.